The van der Waals surface area contributed by atoms with Crippen LogP contribution in [0, 0.1) is 0 Å². The molecule has 0 saturated heterocycles. The molecule has 1 heterocycles. The van der Waals surface area contributed by atoms with Gasteiger partial charge in [-0.15, -0.1) is 0 Å². The Morgan fingerprint density at radius 3 is 2.37 bits per heavy atom. The van der Waals surface area contributed by atoms with Crippen molar-refractivity contribution in [1.29, 1.82) is 0 Å². The van der Waals surface area contributed by atoms with Gasteiger partial charge in [-0.3, -0.25) is 0 Å². The lowest BCUT2D eigenvalue weighted by Crippen LogP contribution is -2.30. The number of ether oxygens (including phenoxy) is 1. The molecule has 0 aliphatic heterocycles. The van der Waals surface area contributed by atoms with E-state index in [2.05, 4.69) is 15.3 Å². The molecule has 0 aliphatic carbocycles. The molecular weight excluding hydrogens is 367 g/mol. The van der Waals surface area contributed by atoms with Crippen LogP contribution in [0.2, 0.25) is 0 Å². The average Bonchev–Trinajstić information content (AvgIpc) is 2.66. The first kappa shape index (κ1) is 20.6. The van der Waals surface area contributed by atoms with Crippen molar-refractivity contribution in [2.45, 2.75) is 31.4 Å². The lowest BCUT2D eigenvalue weighted by Gasteiger charge is -2.18. The van der Waals surface area contributed by atoms with Gasteiger partial charge in [-0.05, 0) is 12.0 Å². The van der Waals surface area contributed by atoms with E-state index in [1.807, 2.05) is 6.07 Å². The van der Waals surface area contributed by atoms with Crippen molar-refractivity contribution in [1.82, 2.24) is 15.3 Å². The van der Waals surface area contributed by atoms with Crippen molar-refractivity contribution in [3.63, 3.8) is 0 Å². The van der Waals surface area contributed by atoms with Crippen molar-refractivity contribution < 1.29 is 32.9 Å². The van der Waals surface area contributed by atoms with E-state index in [0.717, 1.165) is 18.0 Å². The minimum Gasteiger partial charge on any atom is -0.445 e. The number of halogens is 3. The normalized spacial score (nSPS) is 13.7. The third kappa shape index (κ3) is 6.50. The maximum atomic E-state index is 12.4. The molecule has 1 aromatic heterocycles. The molecule has 2 atom stereocenters. The maximum absolute atomic E-state index is 12.4. The number of carbonyl (C=O) groups excluding carboxylic acids is 1. The van der Waals surface area contributed by atoms with Gasteiger partial charge in [0.2, 0.25) is 5.82 Å². The monoisotopic (exact) mass is 385 g/mol. The summed E-state index contributed by atoms with van der Waals surface area (Å²) < 4.78 is 42.2. The predicted molar refractivity (Wildman–Crippen MR) is 87.2 cm³/mol. The molecule has 0 saturated carbocycles. The fourth-order valence-electron chi connectivity index (χ4n) is 2.11. The summed E-state index contributed by atoms with van der Waals surface area (Å²) in [4.78, 5) is 17.8. The van der Waals surface area contributed by atoms with Gasteiger partial charge in [0.25, 0.3) is 0 Å². The standard InChI is InChI=1S/C17H18F3N3O4/c18-17(19,20)15-22-8-12(9-23-15)14(25)13(24)6-7-21-16(26)27-10-11-4-2-1-3-5-11/h1-5,8-9,13-14,24-25H,6-7,10H2,(H,21,26). The zero-order valence-corrected chi connectivity index (χ0v) is 14.1. The van der Waals surface area contributed by atoms with Crippen LogP contribution in [0.5, 0.6) is 0 Å². The number of alkyl halides is 3. The van der Waals surface area contributed by atoms with Gasteiger partial charge in [-0.25, -0.2) is 14.8 Å². The van der Waals surface area contributed by atoms with Crippen LogP contribution >= 0.6 is 0 Å². The summed E-state index contributed by atoms with van der Waals surface area (Å²) in [5.41, 5.74) is 0.743. The second-order valence-electron chi connectivity index (χ2n) is 5.63. The quantitative estimate of drug-likeness (QED) is 0.675. The molecule has 0 bridgehead atoms. The molecule has 7 nitrogen and oxygen atoms in total. The van der Waals surface area contributed by atoms with Crippen LogP contribution in [-0.2, 0) is 17.5 Å². The van der Waals surface area contributed by atoms with E-state index in [-0.39, 0.29) is 25.1 Å². The van der Waals surface area contributed by atoms with E-state index in [9.17, 15) is 28.2 Å². The van der Waals surface area contributed by atoms with Crippen LogP contribution in [0.3, 0.4) is 0 Å². The number of aliphatic hydroxyl groups excluding tert-OH is 2. The first-order valence-electron chi connectivity index (χ1n) is 7.97. The SMILES string of the molecule is O=C(NCCC(O)C(O)c1cnc(C(F)(F)F)nc1)OCc1ccccc1. The number of aromatic nitrogens is 2. The summed E-state index contributed by atoms with van der Waals surface area (Å²) in [6.45, 7) is 0.0775. The predicted octanol–water partition coefficient (Wildman–Crippen LogP) is 2.21. The molecule has 146 valence electrons. The molecule has 0 aliphatic rings. The smallest absolute Gasteiger partial charge is 0.445 e. The molecule has 2 rings (SSSR count). The van der Waals surface area contributed by atoms with Gasteiger partial charge in [0, 0.05) is 24.5 Å². The van der Waals surface area contributed by atoms with Crippen LogP contribution in [0.4, 0.5) is 18.0 Å². The molecule has 2 aromatic rings. The van der Waals surface area contributed by atoms with Crippen LogP contribution in [-0.4, -0.2) is 38.9 Å². The Labute approximate surface area is 152 Å². The highest BCUT2D eigenvalue weighted by Gasteiger charge is 2.34. The number of hydrogen-bond acceptors (Lipinski definition) is 6. The summed E-state index contributed by atoms with van der Waals surface area (Å²) in [7, 11) is 0. The Hall–Kier alpha value is -2.72. The minimum absolute atomic E-state index is 0.00661. The van der Waals surface area contributed by atoms with Crippen LogP contribution in [0.1, 0.15) is 29.5 Å². The van der Waals surface area contributed by atoms with Gasteiger partial charge >= 0.3 is 12.3 Å². The van der Waals surface area contributed by atoms with Crippen molar-refractivity contribution in [3.05, 3.63) is 59.7 Å². The third-order valence-electron chi connectivity index (χ3n) is 3.55. The van der Waals surface area contributed by atoms with Gasteiger partial charge in [0.15, 0.2) is 0 Å². The largest absolute Gasteiger partial charge is 0.451 e. The fourth-order valence-corrected chi connectivity index (χ4v) is 2.11. The summed E-state index contributed by atoms with van der Waals surface area (Å²) in [6.07, 6.45) is -6.67. The summed E-state index contributed by atoms with van der Waals surface area (Å²) in [6, 6.07) is 9.02. The first-order valence-corrected chi connectivity index (χ1v) is 7.97. The number of amides is 1. The second-order valence-corrected chi connectivity index (χ2v) is 5.63. The van der Waals surface area contributed by atoms with Crippen molar-refractivity contribution in [2.24, 2.45) is 0 Å². The number of hydrogen-bond donors (Lipinski definition) is 3. The number of benzene rings is 1. The topological polar surface area (TPSA) is 105 Å². The van der Waals surface area contributed by atoms with E-state index in [1.165, 1.54) is 0 Å². The molecular formula is C17H18F3N3O4. The molecule has 3 N–H and O–H groups in total. The summed E-state index contributed by atoms with van der Waals surface area (Å²) in [5, 5.41) is 22.3. The maximum Gasteiger partial charge on any atom is 0.451 e. The molecule has 2 unspecified atom stereocenters. The summed E-state index contributed by atoms with van der Waals surface area (Å²) in [5.74, 6) is -1.34. The summed E-state index contributed by atoms with van der Waals surface area (Å²) >= 11 is 0. The van der Waals surface area contributed by atoms with Crippen LogP contribution in [0.25, 0.3) is 0 Å². The second kappa shape index (κ2) is 9.28. The number of aliphatic hydroxyl groups is 2. The highest BCUT2D eigenvalue weighted by molar-refractivity contribution is 5.67. The van der Waals surface area contributed by atoms with Gasteiger partial charge in [-0.2, -0.15) is 13.2 Å². The molecule has 0 fully saturated rings. The van der Waals surface area contributed by atoms with Gasteiger partial charge < -0.3 is 20.3 Å². The Morgan fingerprint density at radius 2 is 1.78 bits per heavy atom. The first-order chi connectivity index (χ1) is 12.8. The van der Waals surface area contributed by atoms with Crippen LogP contribution in [0.15, 0.2) is 42.7 Å². The lowest BCUT2D eigenvalue weighted by molar-refractivity contribution is -0.145. The van der Waals surface area contributed by atoms with E-state index in [0.29, 0.717) is 0 Å². The number of carbonyl (C=O) groups is 1. The number of nitrogens with one attached hydrogen (secondary N) is 1. The van der Waals surface area contributed by atoms with Gasteiger partial charge in [0.1, 0.15) is 12.7 Å². The highest BCUT2D eigenvalue weighted by Crippen LogP contribution is 2.26. The van der Waals surface area contributed by atoms with E-state index < -0.39 is 30.3 Å². The Morgan fingerprint density at radius 1 is 1.15 bits per heavy atom. The minimum atomic E-state index is -4.69. The zero-order chi connectivity index (χ0) is 19.9. The number of rotatable bonds is 7. The van der Waals surface area contributed by atoms with Gasteiger partial charge in [0.05, 0.1) is 6.10 Å². The van der Waals surface area contributed by atoms with Crippen LogP contribution < -0.4 is 5.32 Å². The Bertz CT molecular complexity index is 726. The molecule has 27 heavy (non-hydrogen) atoms. The molecule has 0 radical (unpaired) electrons. The number of nitrogens with zero attached hydrogens (tertiary/aromatic N) is 2. The van der Waals surface area contributed by atoms with Crippen molar-refractivity contribution >= 4 is 6.09 Å². The third-order valence-corrected chi connectivity index (χ3v) is 3.55. The molecule has 0 spiro atoms. The van der Waals surface area contributed by atoms with Crippen molar-refractivity contribution in [3.8, 4) is 0 Å². The van der Waals surface area contributed by atoms with E-state index in [1.54, 1.807) is 24.3 Å². The lowest BCUT2D eigenvalue weighted by atomic mass is 10.1. The van der Waals surface area contributed by atoms with E-state index >= 15 is 0 Å². The molecule has 1 amide bonds. The highest BCUT2D eigenvalue weighted by atomic mass is 19.4. The molecule has 1 aromatic carbocycles. The van der Waals surface area contributed by atoms with E-state index in [4.69, 9.17) is 4.74 Å². The Balaban J connectivity index is 1.74. The average molecular weight is 385 g/mol. The Kier molecular flexibility index (Phi) is 7.08. The fraction of sp³-hybridized carbons (Fsp3) is 0.353. The number of alkyl carbamates (subject to hydrolysis) is 1. The zero-order valence-electron chi connectivity index (χ0n) is 14.1. The molecule has 10 heteroatoms. The van der Waals surface area contributed by atoms with Crippen molar-refractivity contribution in [2.75, 3.05) is 6.54 Å². The van der Waals surface area contributed by atoms with Gasteiger partial charge in [-0.1, -0.05) is 30.3 Å².